The molecule has 0 saturated carbocycles. The molecular formula is C19H21N3O3S. The molecule has 7 heteroatoms. The summed E-state index contributed by atoms with van der Waals surface area (Å²) in [6, 6.07) is 7.07. The van der Waals surface area contributed by atoms with Gasteiger partial charge in [-0.15, -0.1) is 0 Å². The quantitative estimate of drug-likeness (QED) is 0.791. The van der Waals surface area contributed by atoms with E-state index in [0.717, 1.165) is 22.6 Å². The highest BCUT2D eigenvalue weighted by Crippen LogP contribution is 2.36. The Morgan fingerprint density at radius 1 is 1.35 bits per heavy atom. The maximum atomic E-state index is 12.4. The number of fused-ring (bicyclic) bond motifs is 1. The molecule has 1 aliphatic rings. The Hall–Kier alpha value is -2.51. The van der Waals surface area contributed by atoms with Gasteiger partial charge in [0, 0.05) is 18.5 Å². The van der Waals surface area contributed by atoms with Crippen LogP contribution in [0.5, 0.6) is 0 Å². The van der Waals surface area contributed by atoms with Gasteiger partial charge in [-0.3, -0.25) is 14.9 Å². The third-order valence-corrected chi connectivity index (χ3v) is 5.28. The molecular weight excluding hydrogens is 350 g/mol. The van der Waals surface area contributed by atoms with E-state index in [-0.39, 0.29) is 24.0 Å². The van der Waals surface area contributed by atoms with Crippen molar-refractivity contribution in [2.45, 2.75) is 39.0 Å². The highest BCUT2D eigenvalue weighted by atomic mass is 32.1. The Morgan fingerprint density at radius 2 is 2.08 bits per heavy atom. The van der Waals surface area contributed by atoms with Crippen LogP contribution >= 0.6 is 11.3 Å². The van der Waals surface area contributed by atoms with Gasteiger partial charge in [-0.1, -0.05) is 30.0 Å². The predicted molar refractivity (Wildman–Crippen MR) is 101 cm³/mol. The lowest BCUT2D eigenvalue weighted by Gasteiger charge is -2.23. The molecule has 0 spiro atoms. The third-order valence-electron chi connectivity index (χ3n) is 4.10. The molecule has 2 N–H and O–H groups in total. The molecule has 0 bridgehead atoms. The van der Waals surface area contributed by atoms with Crippen molar-refractivity contribution in [3.8, 4) is 0 Å². The van der Waals surface area contributed by atoms with Gasteiger partial charge < -0.3 is 10.1 Å². The molecule has 1 aromatic carbocycles. The van der Waals surface area contributed by atoms with Gasteiger partial charge >= 0.3 is 0 Å². The second-order valence-electron chi connectivity index (χ2n) is 6.20. The first kappa shape index (κ1) is 18.3. The number of carbonyl (C=O) groups is 2. The van der Waals surface area contributed by atoms with E-state index in [4.69, 9.17) is 4.74 Å². The number of benzene rings is 1. The zero-order valence-corrected chi connectivity index (χ0v) is 15.6. The molecule has 1 aliphatic heterocycles. The van der Waals surface area contributed by atoms with Gasteiger partial charge in [0.15, 0.2) is 5.13 Å². The molecule has 1 aromatic heterocycles. The molecule has 0 aliphatic carbocycles. The van der Waals surface area contributed by atoms with Gasteiger partial charge in [-0.2, -0.15) is 0 Å². The van der Waals surface area contributed by atoms with Gasteiger partial charge in [0.05, 0.1) is 22.8 Å². The molecule has 6 nitrogen and oxygen atoms in total. The van der Waals surface area contributed by atoms with Crippen molar-refractivity contribution in [1.82, 2.24) is 10.3 Å². The number of nitrogens with zero attached hydrogens (tertiary/aromatic N) is 1. The number of amides is 2. The topological polar surface area (TPSA) is 80.3 Å². The normalized spacial score (nSPS) is 18.7. The first-order valence-electron chi connectivity index (χ1n) is 8.42. The number of hydrogen-bond acceptors (Lipinski definition) is 5. The van der Waals surface area contributed by atoms with Crippen molar-refractivity contribution in [3.63, 3.8) is 0 Å². The molecule has 0 radical (unpaired) electrons. The fraction of sp³-hybridized carbons (Fsp3) is 0.316. The lowest BCUT2D eigenvalue weighted by atomic mass is 10.1. The summed E-state index contributed by atoms with van der Waals surface area (Å²) in [5.74, 6) is -0.438. The summed E-state index contributed by atoms with van der Waals surface area (Å²) >= 11 is 1.46. The lowest BCUT2D eigenvalue weighted by molar-refractivity contribution is -0.116. The van der Waals surface area contributed by atoms with Crippen LogP contribution in [0.25, 0.3) is 0 Å². The van der Waals surface area contributed by atoms with Gasteiger partial charge in [-0.25, -0.2) is 4.98 Å². The van der Waals surface area contributed by atoms with Gasteiger partial charge in [-0.05, 0) is 37.6 Å². The van der Waals surface area contributed by atoms with E-state index < -0.39 is 0 Å². The molecule has 2 amide bonds. The first-order chi connectivity index (χ1) is 12.5. The zero-order chi connectivity index (χ0) is 18.7. The molecule has 136 valence electrons. The molecule has 2 aromatic rings. The summed E-state index contributed by atoms with van der Waals surface area (Å²) in [5.41, 5.74) is 2.45. The molecule has 2 atom stereocenters. The van der Waals surface area contributed by atoms with Crippen LogP contribution in [0.2, 0.25) is 0 Å². The van der Waals surface area contributed by atoms with Crippen molar-refractivity contribution >= 4 is 28.3 Å². The Morgan fingerprint density at radius 3 is 2.77 bits per heavy atom. The fourth-order valence-electron chi connectivity index (χ4n) is 2.82. The van der Waals surface area contributed by atoms with Crippen molar-refractivity contribution in [2.75, 3.05) is 5.32 Å². The van der Waals surface area contributed by atoms with Crippen molar-refractivity contribution < 1.29 is 14.3 Å². The minimum Gasteiger partial charge on any atom is -0.370 e. The second kappa shape index (κ2) is 7.80. The smallest absolute Gasteiger partial charge is 0.257 e. The SMILES string of the molecule is C=CC(=O)NCc1ccc(C(=O)Nc2nc3c(s2)[C@H](C)O[C@H](C)C3)cc1. The van der Waals surface area contributed by atoms with E-state index in [1.165, 1.54) is 17.4 Å². The summed E-state index contributed by atoms with van der Waals surface area (Å²) in [4.78, 5) is 29.2. The third kappa shape index (κ3) is 4.17. The lowest BCUT2D eigenvalue weighted by Crippen LogP contribution is -2.21. The van der Waals surface area contributed by atoms with Crippen molar-refractivity contribution in [1.29, 1.82) is 0 Å². The summed E-state index contributed by atoms with van der Waals surface area (Å²) in [6.45, 7) is 7.82. The molecule has 0 unspecified atom stereocenters. The van der Waals surface area contributed by atoms with E-state index in [1.807, 2.05) is 26.0 Å². The number of aromatic nitrogens is 1. The number of nitrogens with one attached hydrogen (secondary N) is 2. The number of ether oxygens (including phenoxy) is 1. The van der Waals surface area contributed by atoms with E-state index in [1.54, 1.807) is 12.1 Å². The minimum atomic E-state index is -0.230. The number of thiazole rings is 1. The van der Waals surface area contributed by atoms with Crippen LogP contribution in [-0.4, -0.2) is 22.9 Å². The zero-order valence-electron chi connectivity index (χ0n) is 14.7. The van der Waals surface area contributed by atoms with E-state index in [9.17, 15) is 9.59 Å². The Labute approximate surface area is 156 Å². The van der Waals surface area contributed by atoms with Crippen LogP contribution in [-0.2, 0) is 22.5 Å². The summed E-state index contributed by atoms with van der Waals surface area (Å²) in [7, 11) is 0. The summed E-state index contributed by atoms with van der Waals surface area (Å²) in [6.07, 6.45) is 2.12. The first-order valence-corrected chi connectivity index (χ1v) is 9.23. The van der Waals surface area contributed by atoms with Crippen LogP contribution in [0.3, 0.4) is 0 Å². The average molecular weight is 371 g/mol. The van der Waals surface area contributed by atoms with E-state index in [0.29, 0.717) is 17.2 Å². The predicted octanol–water partition coefficient (Wildman–Crippen LogP) is 3.22. The molecule has 2 heterocycles. The van der Waals surface area contributed by atoms with Gasteiger partial charge in [0.1, 0.15) is 0 Å². The molecule has 0 saturated heterocycles. The Balaban J connectivity index is 1.64. The molecule has 26 heavy (non-hydrogen) atoms. The largest absolute Gasteiger partial charge is 0.370 e. The highest BCUT2D eigenvalue weighted by molar-refractivity contribution is 7.16. The monoisotopic (exact) mass is 371 g/mol. The molecule has 0 fully saturated rings. The van der Waals surface area contributed by atoms with E-state index in [2.05, 4.69) is 22.2 Å². The number of hydrogen-bond donors (Lipinski definition) is 2. The van der Waals surface area contributed by atoms with E-state index >= 15 is 0 Å². The standard InChI is InChI=1S/C19H21N3O3S/c1-4-16(23)20-10-13-5-7-14(8-6-13)18(24)22-19-21-15-9-11(2)25-12(3)17(15)26-19/h4-8,11-12H,1,9-10H2,2-3H3,(H,20,23)(H,21,22,24)/t11-,12+/m1/s1. The number of anilines is 1. The Kier molecular flexibility index (Phi) is 5.49. The van der Waals surface area contributed by atoms with Crippen LogP contribution in [0, 0.1) is 0 Å². The van der Waals surface area contributed by atoms with Gasteiger partial charge in [0.25, 0.3) is 5.91 Å². The summed E-state index contributed by atoms with van der Waals surface area (Å²) in [5, 5.41) is 6.14. The second-order valence-corrected chi connectivity index (χ2v) is 7.23. The van der Waals surface area contributed by atoms with Crippen molar-refractivity contribution in [2.24, 2.45) is 0 Å². The van der Waals surface area contributed by atoms with Crippen LogP contribution in [0.15, 0.2) is 36.9 Å². The van der Waals surface area contributed by atoms with Crippen LogP contribution in [0.4, 0.5) is 5.13 Å². The molecule has 3 rings (SSSR count). The fourth-order valence-corrected chi connectivity index (χ4v) is 3.79. The Bertz CT molecular complexity index is 829. The summed E-state index contributed by atoms with van der Waals surface area (Å²) < 4.78 is 5.80. The average Bonchev–Trinajstić information content (AvgIpc) is 3.02. The number of rotatable bonds is 5. The maximum absolute atomic E-state index is 12.4. The van der Waals surface area contributed by atoms with Crippen LogP contribution < -0.4 is 10.6 Å². The van der Waals surface area contributed by atoms with Crippen molar-refractivity contribution in [3.05, 3.63) is 58.6 Å². The van der Waals surface area contributed by atoms with Gasteiger partial charge in [0.2, 0.25) is 5.91 Å². The minimum absolute atomic E-state index is 0.00182. The van der Waals surface area contributed by atoms with Crippen LogP contribution in [0.1, 0.15) is 46.4 Å². The maximum Gasteiger partial charge on any atom is 0.257 e. The number of carbonyl (C=O) groups excluding carboxylic acids is 2. The highest BCUT2D eigenvalue weighted by Gasteiger charge is 2.26.